The normalized spacial score (nSPS) is 10.5. The van der Waals surface area contributed by atoms with E-state index in [0.29, 0.717) is 16.6 Å². The Labute approximate surface area is 160 Å². The fraction of sp³-hybridized carbons (Fsp3) is 0.222. The Morgan fingerprint density at radius 3 is 2.63 bits per heavy atom. The van der Waals surface area contributed by atoms with Crippen molar-refractivity contribution < 1.29 is 14.3 Å². The van der Waals surface area contributed by atoms with Gasteiger partial charge in [-0.05, 0) is 59.3 Å². The van der Waals surface area contributed by atoms with Gasteiger partial charge in [0.2, 0.25) is 11.1 Å². The number of nitrogens with zero attached hydrogens (tertiary/aromatic N) is 4. The number of aryl methyl sites for hydroxylation is 1. The van der Waals surface area contributed by atoms with Gasteiger partial charge >= 0.3 is 0 Å². The van der Waals surface area contributed by atoms with Gasteiger partial charge in [0.15, 0.2) is 0 Å². The molecular formula is C18H19N5O3S. The molecule has 0 saturated heterocycles. The van der Waals surface area contributed by atoms with Crippen molar-refractivity contribution in [2.24, 2.45) is 0 Å². The van der Waals surface area contributed by atoms with E-state index >= 15 is 0 Å². The van der Waals surface area contributed by atoms with Crippen molar-refractivity contribution in [3.8, 4) is 17.2 Å². The molecule has 9 heteroatoms. The first-order valence-electron chi connectivity index (χ1n) is 8.11. The van der Waals surface area contributed by atoms with Crippen molar-refractivity contribution in [2.75, 3.05) is 25.3 Å². The molecule has 0 unspecified atom stereocenters. The third-order valence-corrected chi connectivity index (χ3v) is 4.63. The van der Waals surface area contributed by atoms with E-state index in [1.807, 2.05) is 25.1 Å². The summed E-state index contributed by atoms with van der Waals surface area (Å²) in [6.07, 6.45) is 0. The van der Waals surface area contributed by atoms with Crippen LogP contribution in [0.15, 0.2) is 47.6 Å². The molecule has 0 bridgehead atoms. The Balaban J connectivity index is 1.68. The lowest BCUT2D eigenvalue weighted by molar-refractivity contribution is -0.113. The summed E-state index contributed by atoms with van der Waals surface area (Å²) in [4.78, 5) is 12.2. The van der Waals surface area contributed by atoms with Gasteiger partial charge in [-0.15, -0.1) is 5.10 Å². The highest BCUT2D eigenvalue weighted by atomic mass is 32.2. The second kappa shape index (κ2) is 8.54. The first-order chi connectivity index (χ1) is 13.1. The Hall–Kier alpha value is -3.07. The summed E-state index contributed by atoms with van der Waals surface area (Å²) in [6.45, 7) is 1.97. The Bertz CT molecular complexity index is 927. The molecule has 1 heterocycles. The average Bonchev–Trinajstić information content (AvgIpc) is 3.15. The van der Waals surface area contributed by atoms with Crippen molar-refractivity contribution in [1.82, 2.24) is 20.2 Å². The Kier molecular flexibility index (Phi) is 5.92. The van der Waals surface area contributed by atoms with E-state index in [0.717, 1.165) is 17.0 Å². The van der Waals surface area contributed by atoms with E-state index in [9.17, 15) is 4.79 Å². The largest absolute Gasteiger partial charge is 0.497 e. The zero-order chi connectivity index (χ0) is 19.2. The number of methoxy groups -OCH3 is 2. The lowest BCUT2D eigenvalue weighted by Gasteiger charge is -2.10. The molecule has 0 aliphatic heterocycles. The van der Waals surface area contributed by atoms with Crippen LogP contribution in [0, 0.1) is 6.92 Å². The van der Waals surface area contributed by atoms with Gasteiger partial charge in [-0.2, -0.15) is 4.68 Å². The summed E-state index contributed by atoms with van der Waals surface area (Å²) < 4.78 is 12.1. The number of carbonyl (C=O) groups is 1. The zero-order valence-electron chi connectivity index (χ0n) is 15.2. The van der Waals surface area contributed by atoms with Gasteiger partial charge in [0.25, 0.3) is 0 Å². The molecule has 1 amide bonds. The minimum Gasteiger partial charge on any atom is -0.497 e. The standard InChI is InChI=1S/C18H19N5O3S/c1-12-4-9-16(26-3)15(10-12)23-18(20-21-22-23)27-11-17(24)19-13-5-7-14(25-2)8-6-13/h4-10H,11H2,1-3H3,(H,19,24). The molecule has 1 N–H and O–H groups in total. The molecule has 0 aliphatic carbocycles. The number of nitrogens with one attached hydrogen (secondary N) is 1. The fourth-order valence-corrected chi connectivity index (χ4v) is 3.07. The van der Waals surface area contributed by atoms with Crippen molar-refractivity contribution in [3.63, 3.8) is 0 Å². The molecule has 3 aromatic rings. The van der Waals surface area contributed by atoms with Crippen molar-refractivity contribution in [2.45, 2.75) is 12.1 Å². The van der Waals surface area contributed by atoms with Crippen LogP contribution in [0.2, 0.25) is 0 Å². The molecular weight excluding hydrogens is 366 g/mol. The number of tetrazole rings is 1. The van der Waals surface area contributed by atoms with Gasteiger partial charge in [0.05, 0.1) is 20.0 Å². The Morgan fingerprint density at radius 1 is 1.15 bits per heavy atom. The average molecular weight is 385 g/mol. The molecule has 0 radical (unpaired) electrons. The van der Waals surface area contributed by atoms with E-state index in [1.165, 1.54) is 11.8 Å². The number of anilines is 1. The summed E-state index contributed by atoms with van der Waals surface area (Å²) in [5.41, 5.74) is 2.47. The van der Waals surface area contributed by atoms with Gasteiger partial charge in [-0.1, -0.05) is 17.8 Å². The van der Waals surface area contributed by atoms with Crippen LogP contribution in [-0.2, 0) is 4.79 Å². The first-order valence-corrected chi connectivity index (χ1v) is 9.09. The van der Waals surface area contributed by atoms with Crippen LogP contribution >= 0.6 is 11.8 Å². The number of rotatable bonds is 7. The quantitative estimate of drug-likeness (QED) is 0.625. The van der Waals surface area contributed by atoms with Crippen LogP contribution in [-0.4, -0.2) is 46.1 Å². The van der Waals surface area contributed by atoms with Crippen LogP contribution in [0.3, 0.4) is 0 Å². The number of carbonyl (C=O) groups excluding carboxylic acids is 1. The number of amides is 1. The monoisotopic (exact) mass is 385 g/mol. The highest BCUT2D eigenvalue weighted by Crippen LogP contribution is 2.27. The molecule has 2 aromatic carbocycles. The van der Waals surface area contributed by atoms with Crippen LogP contribution < -0.4 is 14.8 Å². The van der Waals surface area contributed by atoms with Crippen molar-refractivity contribution in [1.29, 1.82) is 0 Å². The number of hydrogen-bond acceptors (Lipinski definition) is 7. The van der Waals surface area contributed by atoms with Crippen molar-refractivity contribution in [3.05, 3.63) is 48.0 Å². The summed E-state index contributed by atoms with van der Waals surface area (Å²) in [6, 6.07) is 12.9. The predicted octanol–water partition coefficient (Wildman–Crippen LogP) is 2.72. The fourth-order valence-electron chi connectivity index (χ4n) is 2.39. The zero-order valence-corrected chi connectivity index (χ0v) is 16.0. The van der Waals surface area contributed by atoms with Crippen LogP contribution in [0.1, 0.15) is 5.56 Å². The molecule has 1 aromatic heterocycles. The first kappa shape index (κ1) is 18.7. The smallest absolute Gasteiger partial charge is 0.234 e. The summed E-state index contributed by atoms with van der Waals surface area (Å²) >= 11 is 1.24. The topological polar surface area (TPSA) is 91.2 Å². The molecule has 8 nitrogen and oxygen atoms in total. The number of ether oxygens (including phenoxy) is 2. The summed E-state index contributed by atoms with van der Waals surface area (Å²) in [5.74, 6) is 1.39. The van der Waals surface area contributed by atoms with E-state index < -0.39 is 0 Å². The second-order valence-corrected chi connectivity index (χ2v) is 6.56. The second-order valence-electron chi connectivity index (χ2n) is 5.61. The van der Waals surface area contributed by atoms with Gasteiger partial charge in [0, 0.05) is 5.69 Å². The predicted molar refractivity (Wildman–Crippen MR) is 103 cm³/mol. The number of hydrogen-bond donors (Lipinski definition) is 1. The highest BCUT2D eigenvalue weighted by molar-refractivity contribution is 7.99. The lowest BCUT2D eigenvalue weighted by atomic mass is 10.2. The molecule has 0 fully saturated rings. The minimum absolute atomic E-state index is 0.157. The maximum Gasteiger partial charge on any atom is 0.234 e. The van der Waals surface area contributed by atoms with Gasteiger partial charge in [-0.25, -0.2) is 0 Å². The lowest BCUT2D eigenvalue weighted by Crippen LogP contribution is -2.14. The third kappa shape index (κ3) is 4.56. The van der Waals surface area contributed by atoms with E-state index in [-0.39, 0.29) is 11.7 Å². The molecule has 0 atom stereocenters. The minimum atomic E-state index is -0.157. The summed E-state index contributed by atoms with van der Waals surface area (Å²) in [7, 11) is 3.19. The molecule has 140 valence electrons. The van der Waals surface area contributed by atoms with E-state index in [1.54, 1.807) is 43.2 Å². The van der Waals surface area contributed by atoms with E-state index in [2.05, 4.69) is 20.8 Å². The van der Waals surface area contributed by atoms with Gasteiger partial charge in [-0.3, -0.25) is 4.79 Å². The molecule has 0 saturated carbocycles. The molecule has 3 rings (SSSR count). The maximum absolute atomic E-state index is 12.2. The van der Waals surface area contributed by atoms with Gasteiger partial charge < -0.3 is 14.8 Å². The maximum atomic E-state index is 12.2. The molecule has 0 aliphatic rings. The van der Waals surface area contributed by atoms with Crippen LogP contribution in [0.5, 0.6) is 11.5 Å². The van der Waals surface area contributed by atoms with Crippen LogP contribution in [0.25, 0.3) is 5.69 Å². The van der Waals surface area contributed by atoms with E-state index in [4.69, 9.17) is 9.47 Å². The van der Waals surface area contributed by atoms with Crippen molar-refractivity contribution >= 4 is 23.4 Å². The number of thioether (sulfide) groups is 1. The van der Waals surface area contributed by atoms with Crippen LogP contribution in [0.4, 0.5) is 5.69 Å². The molecule has 27 heavy (non-hydrogen) atoms. The third-order valence-electron chi connectivity index (χ3n) is 3.71. The van der Waals surface area contributed by atoms with Gasteiger partial charge in [0.1, 0.15) is 17.2 Å². The SMILES string of the molecule is COc1ccc(NC(=O)CSc2nnnn2-c2cc(C)ccc2OC)cc1. The number of aromatic nitrogens is 4. The number of benzene rings is 2. The Morgan fingerprint density at radius 2 is 1.93 bits per heavy atom. The molecule has 0 spiro atoms. The highest BCUT2D eigenvalue weighted by Gasteiger charge is 2.15. The summed E-state index contributed by atoms with van der Waals surface area (Å²) in [5, 5.41) is 15.1.